The number of likely N-dealkylation sites (N-methyl/N-ethyl adjacent to an activating group) is 1. The smallest absolute Gasteiger partial charge is 0.253 e. The Morgan fingerprint density at radius 2 is 1.70 bits per heavy atom. The van der Waals surface area contributed by atoms with Crippen LogP contribution in [0.15, 0.2) is 66.8 Å². The number of hydrogen-bond donors (Lipinski definition) is 1. The van der Waals surface area contributed by atoms with Crippen molar-refractivity contribution in [2.45, 2.75) is 50.5 Å². The van der Waals surface area contributed by atoms with Crippen molar-refractivity contribution >= 4 is 34.2 Å². The summed E-state index contributed by atoms with van der Waals surface area (Å²) in [5.41, 5.74) is -1.68. The number of carbonyl (C=O) groups is 3. The summed E-state index contributed by atoms with van der Waals surface area (Å²) in [6, 6.07) is 12.2. The summed E-state index contributed by atoms with van der Waals surface area (Å²) in [5.74, 6) is -2.52. The first-order chi connectivity index (χ1) is 19.2. The van der Waals surface area contributed by atoms with E-state index in [1.807, 2.05) is 87.5 Å². The monoisotopic (exact) mass is 543 g/mol. The van der Waals surface area contributed by atoms with Crippen molar-refractivity contribution in [2.75, 3.05) is 31.6 Å². The van der Waals surface area contributed by atoms with E-state index in [2.05, 4.69) is 0 Å². The Balaban J connectivity index is 1.52. The molecule has 7 atom stereocenters. The largest absolute Gasteiger partial charge is 0.394 e. The predicted octanol–water partition coefficient (Wildman–Crippen LogP) is 3.15. The van der Waals surface area contributed by atoms with E-state index in [0.717, 1.165) is 16.5 Å². The molecule has 8 nitrogen and oxygen atoms in total. The number of aliphatic hydroxyl groups excluding tert-OH is 1. The molecule has 2 fully saturated rings. The molecule has 1 N–H and O–H groups in total. The normalized spacial score (nSPS) is 33.1. The first-order valence-electron chi connectivity index (χ1n) is 14.2. The third-order valence-electron chi connectivity index (χ3n) is 9.59. The van der Waals surface area contributed by atoms with E-state index in [1.54, 1.807) is 21.7 Å². The molecule has 210 valence electrons. The number of rotatable bonds is 5. The summed E-state index contributed by atoms with van der Waals surface area (Å²) in [6.45, 7) is 6.25. The van der Waals surface area contributed by atoms with Crippen LogP contribution in [0.25, 0.3) is 10.8 Å². The van der Waals surface area contributed by atoms with Gasteiger partial charge >= 0.3 is 0 Å². The lowest BCUT2D eigenvalue weighted by atomic mass is 9.74. The second-order valence-corrected chi connectivity index (χ2v) is 11.9. The van der Waals surface area contributed by atoms with Crippen LogP contribution >= 0.6 is 0 Å². The molecule has 0 radical (unpaired) electrons. The number of benzene rings is 2. The van der Waals surface area contributed by atoms with Crippen LogP contribution in [-0.4, -0.2) is 82.7 Å². The molecule has 4 heterocycles. The summed E-state index contributed by atoms with van der Waals surface area (Å²) in [4.78, 5) is 47.9. The molecule has 0 saturated carbocycles. The Hall–Kier alpha value is -3.49. The van der Waals surface area contributed by atoms with Gasteiger partial charge in [-0.2, -0.15) is 0 Å². The van der Waals surface area contributed by atoms with Crippen LogP contribution in [0.1, 0.15) is 27.2 Å². The number of nitrogens with zero attached hydrogens (tertiary/aromatic N) is 3. The highest BCUT2D eigenvalue weighted by Crippen LogP contribution is 2.58. The molecule has 4 aliphatic rings. The minimum absolute atomic E-state index is 0.0715. The van der Waals surface area contributed by atoms with E-state index in [4.69, 9.17) is 4.74 Å². The molecule has 1 spiro atoms. The SMILES string of the molecule is CC[C@H](C)[C@H](CO)N1C(=O)[C@@H]2[C@@H]3C(=O)N(C)CC=C[C@]3(C)O[C@@]23C=CCN(c2ccc4ccccc4c2)C(=O)C13. The lowest BCUT2D eigenvalue weighted by Crippen LogP contribution is -2.60. The first kappa shape index (κ1) is 26.7. The van der Waals surface area contributed by atoms with Crippen LogP contribution in [0.3, 0.4) is 0 Å². The molecule has 8 heteroatoms. The van der Waals surface area contributed by atoms with E-state index in [1.165, 1.54) is 0 Å². The lowest BCUT2D eigenvalue weighted by molar-refractivity contribution is -0.152. The maximum atomic E-state index is 14.7. The molecular formula is C32H37N3O5. The van der Waals surface area contributed by atoms with Gasteiger partial charge in [-0.05, 0) is 35.7 Å². The summed E-state index contributed by atoms with van der Waals surface area (Å²) in [5, 5.41) is 12.6. The van der Waals surface area contributed by atoms with E-state index < -0.39 is 35.1 Å². The van der Waals surface area contributed by atoms with Crippen LogP contribution in [0.5, 0.6) is 0 Å². The van der Waals surface area contributed by atoms with Crippen LogP contribution < -0.4 is 4.90 Å². The van der Waals surface area contributed by atoms with Gasteiger partial charge in [0.2, 0.25) is 11.8 Å². The van der Waals surface area contributed by atoms with Crippen molar-refractivity contribution < 1.29 is 24.2 Å². The second-order valence-electron chi connectivity index (χ2n) is 11.9. The molecule has 0 bridgehead atoms. The van der Waals surface area contributed by atoms with Gasteiger partial charge in [0.25, 0.3) is 5.91 Å². The van der Waals surface area contributed by atoms with Gasteiger partial charge in [-0.3, -0.25) is 14.4 Å². The number of carbonyl (C=O) groups excluding carboxylic acids is 3. The molecule has 1 unspecified atom stereocenters. The second kappa shape index (κ2) is 9.56. The number of ether oxygens (including phenoxy) is 1. The zero-order chi connectivity index (χ0) is 28.4. The molecule has 6 rings (SSSR count). The summed E-state index contributed by atoms with van der Waals surface area (Å²) in [7, 11) is 1.73. The van der Waals surface area contributed by atoms with Crippen molar-refractivity contribution in [3.8, 4) is 0 Å². The zero-order valence-electron chi connectivity index (χ0n) is 23.5. The fraction of sp³-hybridized carbons (Fsp3) is 0.469. The number of aliphatic hydroxyl groups is 1. The number of fused-ring (bicyclic) bond motifs is 3. The van der Waals surface area contributed by atoms with Crippen molar-refractivity contribution in [1.29, 1.82) is 0 Å². The highest BCUT2D eigenvalue weighted by molar-refractivity contribution is 6.06. The summed E-state index contributed by atoms with van der Waals surface area (Å²) < 4.78 is 6.87. The molecule has 2 aromatic rings. The maximum Gasteiger partial charge on any atom is 0.253 e. The Labute approximate surface area is 234 Å². The van der Waals surface area contributed by atoms with Gasteiger partial charge in [-0.15, -0.1) is 0 Å². The number of anilines is 1. The fourth-order valence-corrected chi connectivity index (χ4v) is 7.33. The highest BCUT2D eigenvalue weighted by Gasteiger charge is 2.75. The fourth-order valence-electron chi connectivity index (χ4n) is 7.33. The molecular weight excluding hydrogens is 506 g/mol. The molecule has 2 aromatic carbocycles. The Morgan fingerprint density at radius 1 is 0.975 bits per heavy atom. The third kappa shape index (κ3) is 3.69. The van der Waals surface area contributed by atoms with Gasteiger partial charge < -0.3 is 24.5 Å². The maximum absolute atomic E-state index is 14.7. The Kier molecular flexibility index (Phi) is 6.39. The van der Waals surface area contributed by atoms with Crippen LogP contribution in [0.2, 0.25) is 0 Å². The van der Waals surface area contributed by atoms with Crippen molar-refractivity contribution in [2.24, 2.45) is 17.8 Å². The molecule has 3 amide bonds. The first-order valence-corrected chi connectivity index (χ1v) is 14.2. The molecule has 0 aliphatic carbocycles. The molecule has 40 heavy (non-hydrogen) atoms. The van der Waals surface area contributed by atoms with Gasteiger partial charge in [-0.1, -0.05) is 74.9 Å². The molecule has 2 saturated heterocycles. The van der Waals surface area contributed by atoms with E-state index in [9.17, 15) is 19.5 Å². The van der Waals surface area contributed by atoms with Gasteiger partial charge in [0, 0.05) is 25.8 Å². The quantitative estimate of drug-likeness (QED) is 0.586. The standard InChI is InChI=1S/C32H37N3O5/c1-5-20(2)24(19-36)35-27-30(39)34(23-13-12-21-10-6-7-11-22(21)18-23)17-9-15-32(27)26(29(35)38)25-28(37)33(4)16-8-14-31(25,3)40-32/h6-15,18,20,24-27,36H,5,16-17,19H2,1-4H3/t20-,24-,25+,26-,27?,31-,32-/m0/s1. The van der Waals surface area contributed by atoms with Gasteiger partial charge in [-0.25, -0.2) is 0 Å². The Bertz CT molecular complexity index is 1440. The minimum atomic E-state index is -1.35. The van der Waals surface area contributed by atoms with Gasteiger partial charge in [0.05, 0.1) is 30.1 Å². The molecule has 4 aliphatic heterocycles. The van der Waals surface area contributed by atoms with Crippen LogP contribution in [-0.2, 0) is 19.1 Å². The van der Waals surface area contributed by atoms with E-state index in [0.29, 0.717) is 19.5 Å². The number of hydrogen-bond acceptors (Lipinski definition) is 5. The number of amides is 3. The van der Waals surface area contributed by atoms with Crippen molar-refractivity contribution in [3.63, 3.8) is 0 Å². The highest BCUT2D eigenvalue weighted by atomic mass is 16.5. The Morgan fingerprint density at radius 3 is 2.42 bits per heavy atom. The van der Waals surface area contributed by atoms with E-state index >= 15 is 0 Å². The van der Waals surface area contributed by atoms with Crippen molar-refractivity contribution in [3.05, 3.63) is 66.8 Å². The summed E-state index contributed by atoms with van der Waals surface area (Å²) >= 11 is 0. The van der Waals surface area contributed by atoms with Gasteiger partial charge in [0.15, 0.2) is 0 Å². The average molecular weight is 544 g/mol. The van der Waals surface area contributed by atoms with Gasteiger partial charge in [0.1, 0.15) is 11.6 Å². The summed E-state index contributed by atoms with van der Waals surface area (Å²) in [6.07, 6.45) is 8.23. The van der Waals surface area contributed by atoms with E-state index in [-0.39, 0.29) is 30.2 Å². The average Bonchev–Trinajstić information content (AvgIpc) is 3.23. The number of likely N-dealkylation sites (tertiary alicyclic amines) is 1. The van der Waals surface area contributed by atoms with Crippen LogP contribution in [0, 0.1) is 17.8 Å². The van der Waals surface area contributed by atoms with Crippen molar-refractivity contribution in [1.82, 2.24) is 9.80 Å². The topological polar surface area (TPSA) is 90.4 Å². The minimum Gasteiger partial charge on any atom is -0.394 e. The lowest BCUT2D eigenvalue weighted by Gasteiger charge is -2.41. The third-order valence-corrected chi connectivity index (χ3v) is 9.59. The zero-order valence-corrected chi connectivity index (χ0v) is 23.5. The molecule has 0 aromatic heterocycles. The van der Waals surface area contributed by atoms with Crippen LogP contribution in [0.4, 0.5) is 5.69 Å². The predicted molar refractivity (Wildman–Crippen MR) is 152 cm³/mol.